The van der Waals surface area contributed by atoms with Crippen LogP contribution in [0.1, 0.15) is 35.3 Å². The Labute approximate surface area is 164 Å². The standard InChI is InChI=1S/C23H23N3O2/c27-22(20-16-19(24-25-20)17-6-2-1-3-7-17)26-14-12-23(13-15-26)11-10-18-8-4-5-9-21(18)28-23/h1-9,16H,10-15H2,(H,24,25). The average molecular weight is 373 g/mol. The number of carbonyl (C=O) groups excluding carboxylic acids is 1. The van der Waals surface area contributed by atoms with Crippen molar-refractivity contribution in [2.45, 2.75) is 31.3 Å². The molecule has 2 aromatic carbocycles. The number of likely N-dealkylation sites (tertiary alicyclic amines) is 1. The third kappa shape index (κ3) is 3.07. The Kier molecular flexibility index (Phi) is 4.15. The largest absolute Gasteiger partial charge is 0.487 e. The zero-order valence-corrected chi connectivity index (χ0v) is 15.7. The predicted octanol–water partition coefficient (Wildman–Crippen LogP) is 4.08. The number of benzene rings is 2. The minimum Gasteiger partial charge on any atom is -0.487 e. The van der Waals surface area contributed by atoms with E-state index >= 15 is 0 Å². The molecule has 1 saturated heterocycles. The molecule has 5 heteroatoms. The van der Waals surface area contributed by atoms with Gasteiger partial charge in [0.1, 0.15) is 17.0 Å². The van der Waals surface area contributed by atoms with Crippen LogP contribution in [0.15, 0.2) is 60.7 Å². The number of nitrogens with zero attached hydrogens (tertiary/aromatic N) is 2. The van der Waals surface area contributed by atoms with Crippen molar-refractivity contribution < 1.29 is 9.53 Å². The second-order valence-corrected chi connectivity index (χ2v) is 7.72. The molecule has 1 aromatic heterocycles. The minimum atomic E-state index is -0.131. The molecule has 0 bridgehead atoms. The van der Waals surface area contributed by atoms with Crippen molar-refractivity contribution in [1.29, 1.82) is 0 Å². The minimum absolute atomic E-state index is 0.0146. The second-order valence-electron chi connectivity index (χ2n) is 7.72. The van der Waals surface area contributed by atoms with Crippen LogP contribution in [-0.2, 0) is 6.42 Å². The number of aromatic amines is 1. The fraction of sp³-hybridized carbons (Fsp3) is 0.304. The van der Waals surface area contributed by atoms with Crippen molar-refractivity contribution in [2.75, 3.05) is 13.1 Å². The molecule has 0 radical (unpaired) electrons. The number of rotatable bonds is 2. The van der Waals surface area contributed by atoms with Gasteiger partial charge in [0.2, 0.25) is 0 Å². The molecule has 0 aliphatic carbocycles. The Bertz CT molecular complexity index is 988. The van der Waals surface area contributed by atoms with Gasteiger partial charge >= 0.3 is 0 Å². The second kappa shape index (κ2) is 6.82. The summed E-state index contributed by atoms with van der Waals surface area (Å²) in [4.78, 5) is 14.8. The van der Waals surface area contributed by atoms with Crippen molar-refractivity contribution in [3.05, 3.63) is 71.9 Å². The van der Waals surface area contributed by atoms with Crippen molar-refractivity contribution >= 4 is 5.91 Å². The molecule has 2 aliphatic rings. The summed E-state index contributed by atoms with van der Waals surface area (Å²) in [6.07, 6.45) is 3.80. The number of ether oxygens (including phenoxy) is 1. The fourth-order valence-electron chi connectivity index (χ4n) is 4.28. The first-order valence-corrected chi connectivity index (χ1v) is 9.90. The van der Waals surface area contributed by atoms with Gasteiger partial charge in [0.05, 0.1) is 5.69 Å². The van der Waals surface area contributed by atoms with E-state index in [9.17, 15) is 4.79 Å². The lowest BCUT2D eigenvalue weighted by Gasteiger charge is -2.44. The van der Waals surface area contributed by atoms with Crippen molar-refractivity contribution in [3.8, 4) is 17.0 Å². The number of H-pyrrole nitrogens is 1. The molecule has 28 heavy (non-hydrogen) atoms. The first-order chi connectivity index (χ1) is 13.7. The number of hydrogen-bond acceptors (Lipinski definition) is 3. The van der Waals surface area contributed by atoms with Gasteiger partial charge in [0.15, 0.2) is 0 Å². The zero-order chi connectivity index (χ0) is 19.0. The molecule has 1 N–H and O–H groups in total. The summed E-state index contributed by atoms with van der Waals surface area (Å²) in [5.41, 5.74) is 3.51. The van der Waals surface area contributed by atoms with Crippen LogP contribution in [0.25, 0.3) is 11.3 Å². The summed E-state index contributed by atoms with van der Waals surface area (Å²) in [7, 11) is 0. The Morgan fingerprint density at radius 1 is 1.00 bits per heavy atom. The van der Waals surface area contributed by atoms with Crippen LogP contribution >= 0.6 is 0 Å². The SMILES string of the molecule is O=C(c1cc(-c2ccccc2)n[nH]1)N1CCC2(CCc3ccccc3O2)CC1. The van der Waals surface area contributed by atoms with E-state index in [1.807, 2.05) is 47.4 Å². The van der Waals surface area contributed by atoms with Crippen LogP contribution < -0.4 is 4.74 Å². The number of hydrogen-bond donors (Lipinski definition) is 1. The highest BCUT2D eigenvalue weighted by molar-refractivity contribution is 5.93. The highest BCUT2D eigenvalue weighted by Gasteiger charge is 2.40. The van der Waals surface area contributed by atoms with Gasteiger partial charge in [-0.2, -0.15) is 5.10 Å². The Hall–Kier alpha value is -3.08. The molecule has 3 aromatic rings. The van der Waals surface area contributed by atoms with Crippen LogP contribution in [0.5, 0.6) is 5.75 Å². The van der Waals surface area contributed by atoms with E-state index < -0.39 is 0 Å². The van der Waals surface area contributed by atoms with Crippen LogP contribution in [-0.4, -0.2) is 39.7 Å². The predicted molar refractivity (Wildman–Crippen MR) is 107 cm³/mol. The van der Waals surface area contributed by atoms with E-state index in [1.165, 1.54) is 5.56 Å². The summed E-state index contributed by atoms with van der Waals surface area (Å²) in [6.45, 7) is 1.42. The van der Waals surface area contributed by atoms with Crippen LogP contribution in [0.4, 0.5) is 0 Å². The number of aromatic nitrogens is 2. The molecule has 0 unspecified atom stereocenters. The monoisotopic (exact) mass is 373 g/mol. The molecular formula is C23H23N3O2. The van der Waals surface area contributed by atoms with Crippen LogP contribution in [0, 0.1) is 0 Å². The molecule has 1 amide bonds. The van der Waals surface area contributed by atoms with Crippen molar-refractivity contribution in [3.63, 3.8) is 0 Å². The average Bonchev–Trinajstić information content (AvgIpc) is 3.25. The summed E-state index contributed by atoms with van der Waals surface area (Å²) in [6, 6.07) is 20.0. The molecule has 142 valence electrons. The van der Waals surface area contributed by atoms with Gasteiger partial charge in [-0.25, -0.2) is 0 Å². The number of piperidine rings is 1. The molecule has 1 spiro atoms. The summed E-state index contributed by atoms with van der Waals surface area (Å²) >= 11 is 0. The van der Waals surface area contributed by atoms with Gasteiger partial charge in [0, 0.05) is 31.5 Å². The number of fused-ring (bicyclic) bond motifs is 1. The van der Waals surface area contributed by atoms with E-state index in [2.05, 4.69) is 28.4 Å². The molecule has 0 atom stereocenters. The maximum Gasteiger partial charge on any atom is 0.271 e. The number of amides is 1. The van der Waals surface area contributed by atoms with Gasteiger partial charge in [-0.05, 0) is 30.5 Å². The lowest BCUT2D eigenvalue weighted by molar-refractivity contribution is -0.0108. The quantitative estimate of drug-likeness (QED) is 0.736. The van der Waals surface area contributed by atoms with Gasteiger partial charge in [-0.3, -0.25) is 9.89 Å². The zero-order valence-electron chi connectivity index (χ0n) is 15.7. The lowest BCUT2D eigenvalue weighted by atomic mass is 9.83. The van der Waals surface area contributed by atoms with Crippen molar-refractivity contribution in [1.82, 2.24) is 15.1 Å². The molecule has 1 fully saturated rings. The summed E-state index contributed by atoms with van der Waals surface area (Å²) < 4.78 is 6.40. The molecule has 5 nitrogen and oxygen atoms in total. The first-order valence-electron chi connectivity index (χ1n) is 9.90. The maximum absolute atomic E-state index is 12.9. The van der Waals surface area contributed by atoms with E-state index in [0.29, 0.717) is 18.8 Å². The third-order valence-corrected chi connectivity index (χ3v) is 5.99. The van der Waals surface area contributed by atoms with E-state index in [-0.39, 0.29) is 11.5 Å². The Morgan fingerprint density at radius 3 is 2.57 bits per heavy atom. The van der Waals surface area contributed by atoms with Gasteiger partial charge in [0.25, 0.3) is 5.91 Å². The number of para-hydroxylation sites is 1. The van der Waals surface area contributed by atoms with E-state index in [1.54, 1.807) is 0 Å². The topological polar surface area (TPSA) is 58.2 Å². The van der Waals surface area contributed by atoms with Gasteiger partial charge in [-0.15, -0.1) is 0 Å². The molecule has 2 aliphatic heterocycles. The molecular weight excluding hydrogens is 350 g/mol. The van der Waals surface area contributed by atoms with Crippen LogP contribution in [0.3, 0.4) is 0 Å². The third-order valence-electron chi connectivity index (χ3n) is 5.99. The first kappa shape index (κ1) is 17.0. The fourth-order valence-corrected chi connectivity index (χ4v) is 4.28. The van der Waals surface area contributed by atoms with E-state index in [4.69, 9.17) is 4.74 Å². The smallest absolute Gasteiger partial charge is 0.271 e. The lowest BCUT2D eigenvalue weighted by Crippen LogP contribution is -2.51. The highest BCUT2D eigenvalue weighted by atomic mass is 16.5. The molecule has 5 rings (SSSR count). The maximum atomic E-state index is 12.9. The summed E-state index contributed by atoms with van der Waals surface area (Å²) in [5.74, 6) is 1.02. The Balaban J connectivity index is 1.26. The highest BCUT2D eigenvalue weighted by Crippen LogP contribution is 2.39. The van der Waals surface area contributed by atoms with Gasteiger partial charge in [-0.1, -0.05) is 48.5 Å². The molecule has 0 saturated carbocycles. The summed E-state index contributed by atoms with van der Waals surface area (Å²) in [5, 5.41) is 7.23. The van der Waals surface area contributed by atoms with Gasteiger partial charge < -0.3 is 9.64 Å². The van der Waals surface area contributed by atoms with E-state index in [0.717, 1.165) is 42.7 Å². The number of carbonyl (C=O) groups is 1. The van der Waals surface area contributed by atoms with Crippen LogP contribution in [0.2, 0.25) is 0 Å². The number of aryl methyl sites for hydroxylation is 1. The Morgan fingerprint density at radius 2 is 1.75 bits per heavy atom. The molecule has 3 heterocycles. The normalized spacial score (nSPS) is 17.8. The number of nitrogens with one attached hydrogen (secondary N) is 1. The van der Waals surface area contributed by atoms with Crippen molar-refractivity contribution in [2.24, 2.45) is 0 Å².